The minimum Gasteiger partial charge on any atom is -0.254 e. The summed E-state index contributed by atoms with van der Waals surface area (Å²) in [6.45, 7) is 20.9. The monoisotopic (exact) mass is 440 g/mol. The van der Waals surface area contributed by atoms with Gasteiger partial charge >= 0.3 is 0 Å². The van der Waals surface area contributed by atoms with Crippen LogP contribution >= 0.6 is 0 Å². The smallest absolute Gasteiger partial charge is 0.0711 e. The second-order valence-corrected chi connectivity index (χ2v) is 8.92. The lowest BCUT2D eigenvalue weighted by atomic mass is 9.84. The molecule has 1 aromatic heterocycles. The lowest BCUT2D eigenvalue weighted by molar-refractivity contribution is 1.03. The zero-order chi connectivity index (χ0) is 24.0. The molecular weight excluding hydrogens is 412 g/mol. The van der Waals surface area contributed by atoms with Crippen molar-refractivity contribution in [2.75, 3.05) is 0 Å². The molecule has 0 bridgehead atoms. The molecule has 0 N–H and O–H groups in total. The van der Waals surface area contributed by atoms with Crippen molar-refractivity contribution in [2.45, 2.75) is 26.7 Å². The molecule has 4 aromatic rings. The zero-order valence-corrected chi connectivity index (χ0v) is 19.9. The Morgan fingerprint density at radius 2 is 1.76 bits per heavy atom. The third-order valence-corrected chi connectivity index (χ3v) is 6.76. The van der Waals surface area contributed by atoms with Crippen molar-refractivity contribution in [1.29, 1.82) is 0 Å². The molecule has 0 atom stereocenters. The molecule has 0 radical (unpaired) electrons. The number of aliphatic imine (C=N–C) groups is 1. The number of aryl methyl sites for hydroxylation is 2. The number of hydrogen-bond acceptors (Lipinski definition) is 2. The van der Waals surface area contributed by atoms with Gasteiger partial charge in [-0.3, -0.25) is 9.98 Å². The lowest BCUT2D eigenvalue weighted by Gasteiger charge is -2.20. The van der Waals surface area contributed by atoms with Crippen molar-refractivity contribution in [3.05, 3.63) is 107 Å². The van der Waals surface area contributed by atoms with E-state index in [1.54, 1.807) is 6.08 Å². The molecule has 5 rings (SSSR count). The van der Waals surface area contributed by atoms with Crippen molar-refractivity contribution in [2.24, 2.45) is 4.99 Å². The van der Waals surface area contributed by atoms with Crippen molar-refractivity contribution < 1.29 is 0 Å². The van der Waals surface area contributed by atoms with Gasteiger partial charge in [0, 0.05) is 22.5 Å². The second-order valence-electron chi connectivity index (χ2n) is 8.92. The maximum atomic E-state index is 4.81. The minimum atomic E-state index is 0.646. The van der Waals surface area contributed by atoms with Gasteiger partial charge in [-0.2, -0.15) is 0 Å². The van der Waals surface area contributed by atoms with Gasteiger partial charge in [-0.25, -0.2) is 0 Å². The highest BCUT2D eigenvalue weighted by Crippen LogP contribution is 2.33. The molecule has 0 unspecified atom stereocenters. The summed E-state index contributed by atoms with van der Waals surface area (Å²) >= 11 is 0. The summed E-state index contributed by atoms with van der Waals surface area (Å²) in [5, 5.41) is 7.19. The van der Waals surface area contributed by atoms with Crippen molar-refractivity contribution in [3.63, 3.8) is 0 Å². The highest BCUT2D eigenvalue weighted by atomic mass is 14.7. The van der Waals surface area contributed by atoms with Crippen molar-refractivity contribution in [1.82, 2.24) is 4.98 Å². The van der Waals surface area contributed by atoms with Gasteiger partial charge in [0.1, 0.15) is 0 Å². The van der Waals surface area contributed by atoms with E-state index in [-0.39, 0.29) is 0 Å². The first-order chi connectivity index (χ1) is 16.4. The summed E-state index contributed by atoms with van der Waals surface area (Å²) in [5.74, 6) is 0. The van der Waals surface area contributed by atoms with Gasteiger partial charge in [-0.1, -0.05) is 68.8 Å². The maximum Gasteiger partial charge on any atom is 0.0711 e. The highest BCUT2D eigenvalue weighted by molar-refractivity contribution is 6.14. The maximum absolute atomic E-state index is 4.81. The summed E-state index contributed by atoms with van der Waals surface area (Å²) in [6.07, 6.45) is 6.04. The van der Waals surface area contributed by atoms with E-state index in [9.17, 15) is 0 Å². The molecule has 2 heteroatoms. The van der Waals surface area contributed by atoms with Crippen LogP contribution < -0.4 is 10.4 Å². The highest BCUT2D eigenvalue weighted by Gasteiger charge is 2.18. The molecule has 34 heavy (non-hydrogen) atoms. The SMILES string of the molecule is C=CC(C)=NC(=C)C(=C)c1cccc2c1c(=C)c1c3c(c(-c4cccc(C)n4)ccc32)=CCC1. The molecule has 0 saturated heterocycles. The van der Waals surface area contributed by atoms with Gasteiger partial charge in [-0.15, -0.1) is 0 Å². The normalized spacial score (nSPS) is 13.1. The Hall–Kier alpha value is -4.04. The average molecular weight is 441 g/mol. The standard InChI is InChI=1S/C32H28N2/c1-7-19(2)33-23(6)21(4)24-12-9-15-28-29-18-17-26(30-16-8-11-20(3)34-30)27-14-10-13-25(32(27)29)22(5)31(24)28/h7-9,11-12,14-18H,1,4-6,10,13H2,2-3H3. The van der Waals surface area contributed by atoms with Crippen LogP contribution in [0.1, 0.15) is 30.2 Å². The van der Waals surface area contributed by atoms with Crippen LogP contribution in [0.15, 0.2) is 85.0 Å². The Balaban J connectivity index is 1.83. The number of rotatable bonds is 5. The number of allylic oxidation sites excluding steroid dienone is 2. The molecule has 1 aliphatic carbocycles. The Bertz CT molecular complexity index is 1680. The van der Waals surface area contributed by atoms with Crippen LogP contribution in [0.2, 0.25) is 0 Å². The summed E-state index contributed by atoms with van der Waals surface area (Å²) < 4.78 is 0. The molecule has 0 spiro atoms. The van der Waals surface area contributed by atoms with Gasteiger partial charge in [0.25, 0.3) is 0 Å². The summed E-state index contributed by atoms with van der Waals surface area (Å²) in [4.78, 5) is 9.37. The van der Waals surface area contributed by atoms with Gasteiger partial charge in [0.2, 0.25) is 0 Å². The van der Waals surface area contributed by atoms with Crippen LogP contribution in [0.3, 0.4) is 0 Å². The van der Waals surface area contributed by atoms with Gasteiger partial charge in [-0.05, 0) is 88.0 Å². The first-order valence-electron chi connectivity index (χ1n) is 11.6. The van der Waals surface area contributed by atoms with Crippen molar-refractivity contribution >= 4 is 45.5 Å². The van der Waals surface area contributed by atoms with E-state index in [2.05, 4.69) is 79.8 Å². The first-order valence-corrected chi connectivity index (χ1v) is 11.6. The summed E-state index contributed by atoms with van der Waals surface area (Å²) in [7, 11) is 0. The third kappa shape index (κ3) is 3.43. The first kappa shape index (κ1) is 21.8. The van der Waals surface area contributed by atoms with E-state index in [0.717, 1.165) is 51.7 Å². The van der Waals surface area contributed by atoms with Crippen LogP contribution in [-0.4, -0.2) is 10.7 Å². The largest absolute Gasteiger partial charge is 0.254 e. The number of aromatic nitrogens is 1. The predicted octanol–water partition coefficient (Wildman–Crippen LogP) is 6.67. The molecule has 166 valence electrons. The van der Waals surface area contributed by atoms with E-state index in [4.69, 9.17) is 4.98 Å². The third-order valence-electron chi connectivity index (χ3n) is 6.76. The molecule has 0 aliphatic heterocycles. The van der Waals surface area contributed by atoms with Crippen LogP contribution in [0.4, 0.5) is 0 Å². The Morgan fingerprint density at radius 3 is 2.53 bits per heavy atom. The Labute approximate surface area is 200 Å². The van der Waals surface area contributed by atoms with Gasteiger partial charge in [0.05, 0.1) is 11.4 Å². The molecular formula is C32H28N2. The van der Waals surface area contributed by atoms with Gasteiger partial charge < -0.3 is 0 Å². The molecule has 0 fully saturated rings. The van der Waals surface area contributed by atoms with E-state index >= 15 is 0 Å². The fourth-order valence-electron chi connectivity index (χ4n) is 5.07. The number of hydrogen-bond donors (Lipinski definition) is 0. The number of pyridine rings is 1. The summed E-state index contributed by atoms with van der Waals surface area (Å²) in [6, 6.07) is 17.0. The Kier molecular flexibility index (Phi) is 5.37. The molecule has 1 aliphatic rings. The molecule has 2 nitrogen and oxygen atoms in total. The van der Waals surface area contributed by atoms with E-state index < -0.39 is 0 Å². The van der Waals surface area contributed by atoms with Crippen LogP contribution in [0.5, 0.6) is 0 Å². The zero-order valence-electron chi connectivity index (χ0n) is 19.9. The van der Waals surface area contributed by atoms with E-state index in [0.29, 0.717) is 5.70 Å². The van der Waals surface area contributed by atoms with E-state index in [1.807, 2.05) is 19.9 Å². The fraction of sp³-hybridized carbons (Fsp3) is 0.125. The van der Waals surface area contributed by atoms with Crippen LogP contribution in [-0.2, 0) is 6.42 Å². The fourth-order valence-corrected chi connectivity index (χ4v) is 5.07. The number of fused-ring (bicyclic) bond motifs is 2. The molecule has 1 heterocycles. The quantitative estimate of drug-likeness (QED) is 0.193. The minimum absolute atomic E-state index is 0.646. The predicted molar refractivity (Wildman–Crippen MR) is 148 cm³/mol. The van der Waals surface area contributed by atoms with E-state index in [1.165, 1.54) is 32.5 Å². The topological polar surface area (TPSA) is 25.2 Å². The summed E-state index contributed by atoms with van der Waals surface area (Å²) in [5.41, 5.74) is 7.84. The lowest BCUT2D eigenvalue weighted by Crippen LogP contribution is -2.21. The molecule has 0 saturated carbocycles. The van der Waals surface area contributed by atoms with Crippen LogP contribution in [0.25, 0.3) is 51.0 Å². The molecule has 0 amide bonds. The number of benzene rings is 3. The number of nitrogens with zero attached hydrogens (tertiary/aromatic N) is 2. The van der Waals surface area contributed by atoms with Crippen molar-refractivity contribution in [3.8, 4) is 11.3 Å². The second kappa shape index (κ2) is 8.39. The van der Waals surface area contributed by atoms with Gasteiger partial charge in [0.15, 0.2) is 0 Å². The molecule has 3 aromatic carbocycles. The average Bonchev–Trinajstić information content (AvgIpc) is 2.85. The Morgan fingerprint density at radius 1 is 1.00 bits per heavy atom. The van der Waals surface area contributed by atoms with Crippen LogP contribution in [0, 0.1) is 6.92 Å².